The average Bonchev–Trinajstić information content (AvgIpc) is 3.03. The van der Waals surface area contributed by atoms with Gasteiger partial charge in [0.05, 0.1) is 27.5 Å². The van der Waals surface area contributed by atoms with Gasteiger partial charge in [0.2, 0.25) is 0 Å². The van der Waals surface area contributed by atoms with E-state index in [0.717, 1.165) is 29.8 Å². The number of hydrogen-bond donors (Lipinski definition) is 1. The van der Waals surface area contributed by atoms with Crippen LogP contribution in [0.5, 0.6) is 0 Å². The number of ether oxygens (including phenoxy) is 1. The molecule has 0 unspecified atom stereocenters. The summed E-state index contributed by atoms with van der Waals surface area (Å²) in [4.78, 5) is 28.7. The summed E-state index contributed by atoms with van der Waals surface area (Å²) in [5.74, 6) is 0. The van der Waals surface area contributed by atoms with E-state index < -0.39 is 4.92 Å². The van der Waals surface area contributed by atoms with Crippen molar-refractivity contribution in [3.05, 3.63) is 78.7 Å². The Balaban J connectivity index is 1.92. The summed E-state index contributed by atoms with van der Waals surface area (Å²) in [5, 5.41) is 15.3. The van der Waals surface area contributed by atoms with Crippen LogP contribution in [0.25, 0.3) is 11.8 Å². The van der Waals surface area contributed by atoms with Crippen LogP contribution in [-0.4, -0.2) is 53.8 Å². The van der Waals surface area contributed by atoms with Gasteiger partial charge in [-0.1, -0.05) is 0 Å². The second-order valence-electron chi connectivity index (χ2n) is 7.77. The molecule has 0 spiro atoms. The molecule has 1 aromatic rings. The van der Waals surface area contributed by atoms with Crippen molar-refractivity contribution in [1.82, 2.24) is 19.7 Å². The molecule has 3 aliphatic rings. The molecular formula is C21H25N5O4. The first kappa shape index (κ1) is 20.1. The minimum atomic E-state index is -0.424. The van der Waals surface area contributed by atoms with Gasteiger partial charge in [0, 0.05) is 44.2 Å². The van der Waals surface area contributed by atoms with Crippen LogP contribution >= 0.6 is 0 Å². The topological polar surface area (TPSA) is 92.9 Å². The van der Waals surface area contributed by atoms with Crippen LogP contribution in [0.15, 0.2) is 46.3 Å². The summed E-state index contributed by atoms with van der Waals surface area (Å²) in [5.41, 5.74) is 3.63. The van der Waals surface area contributed by atoms with Crippen LogP contribution in [-0.2, 0) is 17.8 Å². The van der Waals surface area contributed by atoms with Crippen molar-refractivity contribution in [1.29, 1.82) is 0 Å². The molecule has 0 amide bonds. The lowest BCUT2D eigenvalue weighted by Crippen LogP contribution is -2.27. The van der Waals surface area contributed by atoms with Crippen molar-refractivity contribution in [3.63, 3.8) is 0 Å². The summed E-state index contributed by atoms with van der Waals surface area (Å²) in [6.45, 7) is 2.22. The van der Waals surface area contributed by atoms with Gasteiger partial charge in [-0.25, -0.2) is 0 Å². The normalized spacial score (nSPS) is 16.7. The first-order valence-electron chi connectivity index (χ1n) is 9.82. The van der Waals surface area contributed by atoms with Gasteiger partial charge in [-0.05, 0) is 44.8 Å². The van der Waals surface area contributed by atoms with E-state index in [-0.39, 0.29) is 18.0 Å². The number of methoxy groups -OCH3 is 1. The number of nitro groups is 1. The molecule has 3 heterocycles. The predicted octanol–water partition coefficient (Wildman–Crippen LogP) is 1.56. The maximum absolute atomic E-state index is 13.3. The van der Waals surface area contributed by atoms with Crippen molar-refractivity contribution in [2.75, 3.05) is 34.5 Å². The fourth-order valence-electron chi connectivity index (χ4n) is 4.16. The Kier molecular flexibility index (Phi) is 5.31. The van der Waals surface area contributed by atoms with E-state index in [1.807, 2.05) is 31.4 Å². The lowest BCUT2D eigenvalue weighted by Gasteiger charge is -2.27. The van der Waals surface area contributed by atoms with Gasteiger partial charge >= 0.3 is 0 Å². The van der Waals surface area contributed by atoms with E-state index in [9.17, 15) is 14.9 Å². The van der Waals surface area contributed by atoms with Crippen molar-refractivity contribution < 1.29 is 9.66 Å². The molecule has 9 nitrogen and oxygen atoms in total. The molecule has 1 aliphatic carbocycles. The lowest BCUT2D eigenvalue weighted by atomic mass is 10.0. The molecule has 0 radical (unpaired) electrons. The number of pyridine rings is 1. The second-order valence-corrected chi connectivity index (χ2v) is 7.77. The van der Waals surface area contributed by atoms with Gasteiger partial charge in [-0.3, -0.25) is 14.9 Å². The van der Waals surface area contributed by atoms with E-state index in [2.05, 4.69) is 10.2 Å². The second kappa shape index (κ2) is 7.92. The minimum absolute atomic E-state index is 0.0931. The molecule has 158 valence electrons. The molecular weight excluding hydrogens is 386 g/mol. The number of aryl methyl sites for hydroxylation is 1. The number of fused-ring (bicyclic) bond motifs is 1. The zero-order chi connectivity index (χ0) is 21.4. The van der Waals surface area contributed by atoms with Gasteiger partial charge in [0.1, 0.15) is 6.73 Å². The largest absolute Gasteiger partial charge is 0.379 e. The molecule has 0 saturated heterocycles. The minimum Gasteiger partial charge on any atom is -0.379 e. The van der Waals surface area contributed by atoms with E-state index in [0.29, 0.717) is 29.9 Å². The van der Waals surface area contributed by atoms with Crippen LogP contribution in [0.4, 0.5) is 0 Å². The van der Waals surface area contributed by atoms with Crippen LogP contribution in [0, 0.1) is 10.1 Å². The van der Waals surface area contributed by atoms with E-state index >= 15 is 0 Å². The van der Waals surface area contributed by atoms with Gasteiger partial charge < -0.3 is 24.4 Å². The Bertz CT molecular complexity index is 1080. The molecule has 30 heavy (non-hydrogen) atoms. The third-order valence-electron chi connectivity index (χ3n) is 5.43. The maximum Gasteiger partial charge on any atom is 0.279 e. The van der Waals surface area contributed by atoms with Crippen molar-refractivity contribution in [2.24, 2.45) is 0 Å². The summed E-state index contributed by atoms with van der Waals surface area (Å²) >= 11 is 0. The molecule has 1 N–H and O–H groups in total. The molecule has 4 rings (SSSR count). The third-order valence-corrected chi connectivity index (χ3v) is 5.43. The number of aromatic nitrogens is 1. The number of hydrogen-bond acceptors (Lipinski definition) is 7. The van der Waals surface area contributed by atoms with Crippen LogP contribution in [0.1, 0.15) is 23.1 Å². The molecule has 9 heteroatoms. The number of nitrogens with zero attached hydrogens (tertiary/aromatic N) is 4. The van der Waals surface area contributed by atoms with Crippen LogP contribution in [0.2, 0.25) is 0 Å². The van der Waals surface area contributed by atoms with Crippen LogP contribution in [0.3, 0.4) is 0 Å². The Morgan fingerprint density at radius 1 is 1.37 bits per heavy atom. The van der Waals surface area contributed by atoms with Crippen molar-refractivity contribution >= 4 is 11.8 Å². The average molecular weight is 411 g/mol. The van der Waals surface area contributed by atoms with Gasteiger partial charge in [-0.2, -0.15) is 0 Å². The summed E-state index contributed by atoms with van der Waals surface area (Å²) in [7, 11) is 5.55. The lowest BCUT2D eigenvalue weighted by molar-refractivity contribution is -0.419. The van der Waals surface area contributed by atoms with E-state index in [1.54, 1.807) is 23.8 Å². The van der Waals surface area contributed by atoms with E-state index in [1.165, 1.54) is 6.08 Å². The van der Waals surface area contributed by atoms with Crippen LogP contribution < -0.4 is 10.9 Å². The summed E-state index contributed by atoms with van der Waals surface area (Å²) in [6.07, 6.45) is 9.41. The zero-order valence-corrected chi connectivity index (χ0v) is 17.3. The number of rotatable bonds is 7. The number of nitrogens with one attached hydrogen (secondary N) is 1. The first-order valence-corrected chi connectivity index (χ1v) is 9.82. The Morgan fingerprint density at radius 3 is 2.87 bits per heavy atom. The highest BCUT2D eigenvalue weighted by Gasteiger charge is 2.37. The van der Waals surface area contributed by atoms with Crippen molar-refractivity contribution in [2.45, 2.75) is 19.5 Å². The van der Waals surface area contributed by atoms with E-state index in [4.69, 9.17) is 4.74 Å². The molecule has 0 atom stereocenters. The Hall–Kier alpha value is -3.17. The molecule has 0 saturated carbocycles. The quantitative estimate of drug-likeness (QED) is 0.538. The summed E-state index contributed by atoms with van der Waals surface area (Å²) in [6, 6.07) is 0. The molecule has 1 aromatic heterocycles. The highest BCUT2D eigenvalue weighted by atomic mass is 16.6. The Morgan fingerprint density at radius 2 is 2.17 bits per heavy atom. The molecule has 2 aliphatic heterocycles. The third kappa shape index (κ3) is 3.35. The first-order chi connectivity index (χ1) is 14.4. The monoisotopic (exact) mass is 411 g/mol. The standard InChI is InChI=1S/C21H25N5O4/c1-23(2)7-5-9-24-12-14-11-22-19-18(14)16(21(24)27)10-17(26(28)29)15-6-4-8-25(13-30-3)20(15)19/h4,6,8,10,12,22H,5,7,9,11,13H2,1-3H3. The molecule has 0 fully saturated rings. The predicted molar refractivity (Wildman–Crippen MR) is 114 cm³/mol. The molecule has 0 bridgehead atoms. The maximum atomic E-state index is 13.3. The van der Waals surface area contributed by atoms with Gasteiger partial charge in [0.15, 0.2) is 0 Å². The zero-order valence-electron chi connectivity index (χ0n) is 17.3. The van der Waals surface area contributed by atoms with Crippen molar-refractivity contribution in [3.8, 4) is 0 Å². The van der Waals surface area contributed by atoms with Gasteiger partial charge in [0.25, 0.3) is 11.3 Å². The summed E-state index contributed by atoms with van der Waals surface area (Å²) < 4.78 is 6.97. The Labute approximate surface area is 174 Å². The highest BCUT2D eigenvalue weighted by molar-refractivity contribution is 5.86. The smallest absolute Gasteiger partial charge is 0.279 e. The fraction of sp³-hybridized carbons (Fsp3) is 0.381. The van der Waals surface area contributed by atoms with Gasteiger partial charge in [-0.15, -0.1) is 0 Å². The SMILES string of the molecule is COCN1C=CC=C2C([N+](=O)[O-])=Cc3c4c(cn(CCCN(C)C)c3=O)CNC4=C21. The fourth-order valence-corrected chi connectivity index (χ4v) is 4.16. The molecule has 0 aromatic carbocycles. The highest BCUT2D eigenvalue weighted by Crippen LogP contribution is 2.40. The number of allylic oxidation sites excluding steroid dienone is 2.